The minimum absolute atomic E-state index is 0.0157. The van der Waals surface area contributed by atoms with E-state index in [9.17, 15) is 9.59 Å². The summed E-state index contributed by atoms with van der Waals surface area (Å²) in [6.45, 7) is 0.717. The molecule has 1 atom stereocenters. The molecule has 0 radical (unpaired) electrons. The number of rotatable bonds is 3. The predicted molar refractivity (Wildman–Crippen MR) is 80.8 cm³/mol. The van der Waals surface area contributed by atoms with Crippen LogP contribution in [0.2, 0.25) is 0 Å². The molecule has 1 aliphatic heterocycles. The molecule has 21 heavy (non-hydrogen) atoms. The molecule has 1 saturated heterocycles. The van der Waals surface area contributed by atoms with Crippen LogP contribution >= 0.6 is 0 Å². The second kappa shape index (κ2) is 5.88. The minimum Gasteiger partial charge on any atom is -0.354 e. The molecule has 3 rings (SSSR count). The smallest absolute Gasteiger partial charge is 0.242 e. The lowest BCUT2D eigenvalue weighted by atomic mass is 9.63. The standard InChI is InChI=1S/C17H22N2O2/c20-15-14(9-4-5-12-18-15)19-16(21)17(10-6-11-17)13-7-2-1-3-8-13/h1-3,7-8,14H,4-6,9-12H2,(H,18,20)(H,19,21)/t14-/m1/s1. The molecular weight excluding hydrogens is 264 g/mol. The van der Waals surface area contributed by atoms with Gasteiger partial charge < -0.3 is 10.6 Å². The molecule has 0 bridgehead atoms. The van der Waals surface area contributed by atoms with Crippen molar-refractivity contribution in [3.8, 4) is 0 Å². The summed E-state index contributed by atoms with van der Waals surface area (Å²) >= 11 is 0. The third-order valence-electron chi connectivity index (χ3n) is 4.81. The number of amides is 2. The van der Waals surface area contributed by atoms with Crippen molar-refractivity contribution in [3.63, 3.8) is 0 Å². The van der Waals surface area contributed by atoms with Crippen LogP contribution in [0.25, 0.3) is 0 Å². The van der Waals surface area contributed by atoms with E-state index in [1.165, 1.54) is 0 Å². The van der Waals surface area contributed by atoms with Gasteiger partial charge in [-0.3, -0.25) is 9.59 Å². The van der Waals surface area contributed by atoms with Gasteiger partial charge in [0.25, 0.3) is 0 Å². The van der Waals surface area contributed by atoms with E-state index in [1.54, 1.807) is 0 Å². The van der Waals surface area contributed by atoms with Crippen molar-refractivity contribution in [1.82, 2.24) is 10.6 Å². The van der Waals surface area contributed by atoms with Gasteiger partial charge in [0.05, 0.1) is 5.41 Å². The molecule has 2 fully saturated rings. The van der Waals surface area contributed by atoms with E-state index in [0.717, 1.165) is 50.6 Å². The van der Waals surface area contributed by atoms with E-state index in [-0.39, 0.29) is 17.9 Å². The van der Waals surface area contributed by atoms with Crippen LogP contribution in [0, 0.1) is 0 Å². The maximum absolute atomic E-state index is 12.8. The molecule has 1 aromatic carbocycles. The van der Waals surface area contributed by atoms with Crippen LogP contribution in [0.3, 0.4) is 0 Å². The van der Waals surface area contributed by atoms with Crippen molar-refractivity contribution in [2.75, 3.05) is 6.54 Å². The van der Waals surface area contributed by atoms with Gasteiger partial charge in [0.15, 0.2) is 0 Å². The second-order valence-corrected chi connectivity index (χ2v) is 6.11. The SMILES string of the molecule is O=C1NCCCC[C@H]1NC(=O)C1(c2ccccc2)CCC1. The summed E-state index contributed by atoms with van der Waals surface area (Å²) in [6.07, 6.45) is 5.51. The first-order valence-electron chi connectivity index (χ1n) is 7.87. The summed E-state index contributed by atoms with van der Waals surface area (Å²) in [7, 11) is 0. The summed E-state index contributed by atoms with van der Waals surface area (Å²) in [6, 6.07) is 9.58. The number of carbonyl (C=O) groups excluding carboxylic acids is 2. The zero-order valence-electron chi connectivity index (χ0n) is 12.2. The van der Waals surface area contributed by atoms with Gasteiger partial charge >= 0.3 is 0 Å². The van der Waals surface area contributed by atoms with Gasteiger partial charge in [0, 0.05) is 6.54 Å². The molecule has 2 N–H and O–H groups in total. The van der Waals surface area contributed by atoms with Gasteiger partial charge in [0.1, 0.15) is 6.04 Å². The predicted octanol–water partition coefficient (Wildman–Crippen LogP) is 1.89. The molecule has 2 amide bonds. The first-order chi connectivity index (χ1) is 10.2. The third-order valence-corrected chi connectivity index (χ3v) is 4.81. The van der Waals surface area contributed by atoms with Gasteiger partial charge in [-0.2, -0.15) is 0 Å². The molecule has 2 aliphatic rings. The Labute approximate surface area is 125 Å². The molecular formula is C17H22N2O2. The molecule has 0 unspecified atom stereocenters. The average Bonchev–Trinajstić information content (AvgIpc) is 2.64. The minimum atomic E-state index is -0.423. The lowest BCUT2D eigenvalue weighted by Gasteiger charge is -2.41. The monoisotopic (exact) mass is 286 g/mol. The molecule has 4 heteroatoms. The highest BCUT2D eigenvalue weighted by Crippen LogP contribution is 2.44. The Bertz CT molecular complexity index is 523. The Morgan fingerprint density at radius 1 is 1.14 bits per heavy atom. The van der Waals surface area contributed by atoms with E-state index in [0.29, 0.717) is 0 Å². The Morgan fingerprint density at radius 3 is 2.57 bits per heavy atom. The zero-order chi connectivity index (χ0) is 14.7. The number of hydrogen-bond donors (Lipinski definition) is 2. The lowest BCUT2D eigenvalue weighted by Crippen LogP contribution is -2.55. The fourth-order valence-electron chi connectivity index (χ4n) is 3.31. The van der Waals surface area contributed by atoms with Crippen molar-refractivity contribution >= 4 is 11.8 Å². The van der Waals surface area contributed by atoms with Crippen molar-refractivity contribution < 1.29 is 9.59 Å². The van der Waals surface area contributed by atoms with E-state index < -0.39 is 5.41 Å². The normalized spacial score (nSPS) is 24.4. The topological polar surface area (TPSA) is 58.2 Å². The van der Waals surface area contributed by atoms with Crippen LogP contribution in [0.1, 0.15) is 44.1 Å². The Kier molecular flexibility index (Phi) is 3.95. The first-order valence-corrected chi connectivity index (χ1v) is 7.87. The maximum atomic E-state index is 12.8. The highest BCUT2D eigenvalue weighted by Gasteiger charge is 2.46. The lowest BCUT2D eigenvalue weighted by molar-refractivity contribution is -0.134. The largest absolute Gasteiger partial charge is 0.354 e. The number of carbonyl (C=O) groups is 2. The summed E-state index contributed by atoms with van der Waals surface area (Å²) in [5.41, 5.74) is 0.649. The average molecular weight is 286 g/mol. The van der Waals surface area contributed by atoms with E-state index in [4.69, 9.17) is 0 Å². The van der Waals surface area contributed by atoms with Crippen molar-refractivity contribution in [2.45, 2.75) is 50.0 Å². The molecule has 1 aliphatic carbocycles. The van der Waals surface area contributed by atoms with Gasteiger partial charge in [0.2, 0.25) is 11.8 Å². The molecule has 1 saturated carbocycles. The molecule has 0 spiro atoms. The number of hydrogen-bond acceptors (Lipinski definition) is 2. The van der Waals surface area contributed by atoms with E-state index in [2.05, 4.69) is 10.6 Å². The molecule has 1 heterocycles. The Balaban J connectivity index is 1.75. The van der Waals surface area contributed by atoms with Gasteiger partial charge in [-0.1, -0.05) is 36.8 Å². The quantitative estimate of drug-likeness (QED) is 0.891. The van der Waals surface area contributed by atoms with Crippen LogP contribution < -0.4 is 10.6 Å². The maximum Gasteiger partial charge on any atom is 0.242 e. The van der Waals surface area contributed by atoms with Gasteiger partial charge in [-0.25, -0.2) is 0 Å². The van der Waals surface area contributed by atoms with E-state index in [1.807, 2.05) is 30.3 Å². The third kappa shape index (κ3) is 2.67. The van der Waals surface area contributed by atoms with Crippen LogP contribution in [-0.4, -0.2) is 24.4 Å². The van der Waals surface area contributed by atoms with Crippen LogP contribution in [-0.2, 0) is 15.0 Å². The van der Waals surface area contributed by atoms with Gasteiger partial charge in [-0.15, -0.1) is 0 Å². The molecule has 1 aromatic rings. The zero-order valence-corrected chi connectivity index (χ0v) is 12.2. The van der Waals surface area contributed by atoms with Crippen molar-refractivity contribution in [2.24, 2.45) is 0 Å². The van der Waals surface area contributed by atoms with Gasteiger partial charge in [-0.05, 0) is 37.7 Å². The Morgan fingerprint density at radius 2 is 1.90 bits per heavy atom. The van der Waals surface area contributed by atoms with E-state index >= 15 is 0 Å². The highest BCUT2D eigenvalue weighted by atomic mass is 16.2. The summed E-state index contributed by atoms with van der Waals surface area (Å²) in [5.74, 6) is -0.0228. The summed E-state index contributed by atoms with van der Waals surface area (Å²) in [4.78, 5) is 24.8. The second-order valence-electron chi connectivity index (χ2n) is 6.11. The molecule has 4 nitrogen and oxygen atoms in total. The fraction of sp³-hybridized carbons (Fsp3) is 0.529. The van der Waals surface area contributed by atoms with Crippen molar-refractivity contribution in [3.05, 3.63) is 35.9 Å². The molecule has 0 aromatic heterocycles. The number of nitrogens with one attached hydrogen (secondary N) is 2. The highest BCUT2D eigenvalue weighted by molar-refractivity contribution is 5.93. The van der Waals surface area contributed by atoms with Crippen LogP contribution in [0.15, 0.2) is 30.3 Å². The fourth-order valence-corrected chi connectivity index (χ4v) is 3.31. The number of benzene rings is 1. The van der Waals surface area contributed by atoms with Crippen molar-refractivity contribution in [1.29, 1.82) is 0 Å². The molecule has 112 valence electrons. The first kappa shape index (κ1) is 14.1. The van der Waals surface area contributed by atoms with Crippen LogP contribution in [0.4, 0.5) is 0 Å². The summed E-state index contributed by atoms with van der Waals surface area (Å²) in [5, 5.41) is 5.87. The van der Waals surface area contributed by atoms with Crippen LogP contribution in [0.5, 0.6) is 0 Å². The summed E-state index contributed by atoms with van der Waals surface area (Å²) < 4.78 is 0. The Hall–Kier alpha value is -1.84.